The second kappa shape index (κ2) is 4.15. The third-order valence-electron chi connectivity index (χ3n) is 4.33. The lowest BCUT2D eigenvalue weighted by Gasteiger charge is -2.32. The minimum absolute atomic E-state index is 0.0850. The molecule has 0 saturated heterocycles. The van der Waals surface area contributed by atoms with Crippen molar-refractivity contribution in [3.8, 4) is 11.5 Å². The van der Waals surface area contributed by atoms with Gasteiger partial charge in [0, 0.05) is 11.5 Å². The van der Waals surface area contributed by atoms with Crippen LogP contribution in [0.4, 0.5) is 0 Å². The van der Waals surface area contributed by atoms with Crippen LogP contribution in [0, 0.1) is 11.8 Å². The van der Waals surface area contributed by atoms with Gasteiger partial charge in [-0.2, -0.15) is 0 Å². The largest absolute Gasteiger partial charge is 0.504 e. The molecular formula is C15H18O4. The van der Waals surface area contributed by atoms with Gasteiger partial charge in [0.1, 0.15) is 11.7 Å². The average Bonchev–Trinajstić information content (AvgIpc) is 2.71. The number of methoxy groups -OCH3 is 1. The first kappa shape index (κ1) is 12.3. The number of carbonyl (C=O) groups excluding carboxylic acids is 1. The van der Waals surface area contributed by atoms with Gasteiger partial charge in [0.15, 0.2) is 11.5 Å². The van der Waals surface area contributed by atoms with Crippen LogP contribution in [0.1, 0.15) is 47.9 Å². The first-order valence-electron chi connectivity index (χ1n) is 6.68. The highest BCUT2D eigenvalue weighted by Crippen LogP contribution is 2.51. The van der Waals surface area contributed by atoms with Gasteiger partial charge in [-0.15, -0.1) is 0 Å². The van der Waals surface area contributed by atoms with E-state index in [-0.39, 0.29) is 11.9 Å². The van der Waals surface area contributed by atoms with Gasteiger partial charge in [0.2, 0.25) is 0 Å². The molecule has 1 aliphatic heterocycles. The monoisotopic (exact) mass is 262 g/mol. The van der Waals surface area contributed by atoms with Crippen LogP contribution in [0.25, 0.3) is 0 Å². The zero-order valence-corrected chi connectivity index (χ0v) is 11.4. The summed E-state index contributed by atoms with van der Waals surface area (Å²) in [4.78, 5) is 12.0. The molecule has 1 aromatic rings. The van der Waals surface area contributed by atoms with Gasteiger partial charge in [-0.25, -0.2) is 4.79 Å². The Labute approximate surface area is 112 Å². The molecule has 102 valence electrons. The van der Waals surface area contributed by atoms with E-state index in [1.54, 1.807) is 0 Å². The van der Waals surface area contributed by atoms with Crippen molar-refractivity contribution in [2.75, 3.05) is 7.11 Å². The molecule has 4 heteroatoms. The second-order valence-corrected chi connectivity index (χ2v) is 5.65. The van der Waals surface area contributed by atoms with Crippen LogP contribution in [0.15, 0.2) is 6.07 Å². The lowest BCUT2D eigenvalue weighted by molar-refractivity contribution is 0.0118. The molecule has 1 aromatic carbocycles. The highest BCUT2D eigenvalue weighted by Gasteiger charge is 2.44. The maximum absolute atomic E-state index is 12.0. The topological polar surface area (TPSA) is 55.8 Å². The summed E-state index contributed by atoms with van der Waals surface area (Å²) in [5.74, 6) is 0.615. The van der Waals surface area contributed by atoms with Crippen LogP contribution in [0.5, 0.6) is 11.5 Å². The SMILES string of the molecule is COc1cc2c3c(c1O)C(=O)OC3C(C(C)C)CC2. The Balaban J connectivity index is 2.19. The van der Waals surface area contributed by atoms with E-state index >= 15 is 0 Å². The van der Waals surface area contributed by atoms with E-state index in [0.717, 1.165) is 24.0 Å². The molecule has 0 spiro atoms. The molecule has 3 rings (SSSR count). The van der Waals surface area contributed by atoms with Gasteiger partial charge in [-0.3, -0.25) is 0 Å². The smallest absolute Gasteiger partial charge is 0.343 e. The lowest BCUT2D eigenvalue weighted by Crippen LogP contribution is -2.24. The van der Waals surface area contributed by atoms with Gasteiger partial charge in [0.05, 0.1) is 7.11 Å². The normalized spacial score (nSPS) is 24.3. The van der Waals surface area contributed by atoms with Crippen LogP contribution in [-0.2, 0) is 11.2 Å². The Morgan fingerprint density at radius 3 is 2.84 bits per heavy atom. The minimum atomic E-state index is -0.426. The number of aryl methyl sites for hydroxylation is 1. The molecule has 0 amide bonds. The van der Waals surface area contributed by atoms with Crippen molar-refractivity contribution in [3.05, 3.63) is 22.8 Å². The van der Waals surface area contributed by atoms with E-state index < -0.39 is 5.97 Å². The van der Waals surface area contributed by atoms with Gasteiger partial charge < -0.3 is 14.6 Å². The molecule has 1 heterocycles. The van der Waals surface area contributed by atoms with E-state index in [0.29, 0.717) is 23.1 Å². The molecule has 4 nitrogen and oxygen atoms in total. The third-order valence-corrected chi connectivity index (χ3v) is 4.33. The van der Waals surface area contributed by atoms with E-state index in [1.807, 2.05) is 6.07 Å². The fourth-order valence-corrected chi connectivity index (χ4v) is 3.30. The van der Waals surface area contributed by atoms with E-state index in [1.165, 1.54) is 7.11 Å². The van der Waals surface area contributed by atoms with Crippen molar-refractivity contribution in [2.24, 2.45) is 11.8 Å². The molecule has 0 aromatic heterocycles. The maximum atomic E-state index is 12.0. The van der Waals surface area contributed by atoms with Crippen LogP contribution >= 0.6 is 0 Å². The first-order chi connectivity index (χ1) is 9.04. The molecule has 0 fully saturated rings. The summed E-state index contributed by atoms with van der Waals surface area (Å²) in [6.07, 6.45) is 1.69. The number of benzene rings is 1. The van der Waals surface area contributed by atoms with Gasteiger partial charge in [0.25, 0.3) is 0 Å². The summed E-state index contributed by atoms with van der Waals surface area (Å²) in [6.45, 7) is 4.29. The second-order valence-electron chi connectivity index (χ2n) is 5.65. The predicted octanol–water partition coefficient (Wildman–Crippen LogP) is 2.83. The Bertz CT molecular complexity index is 548. The standard InChI is InChI=1S/C15H18O4/c1-7(2)9-5-4-8-6-10(18-3)13(16)12-11(8)14(9)19-15(12)17/h6-7,9,14,16H,4-5H2,1-3H3. The van der Waals surface area contributed by atoms with Crippen LogP contribution in [0.3, 0.4) is 0 Å². The maximum Gasteiger partial charge on any atom is 0.343 e. The number of phenolic OH excluding ortho intramolecular Hbond substituents is 1. The molecule has 0 radical (unpaired) electrons. The highest BCUT2D eigenvalue weighted by molar-refractivity contribution is 5.98. The zero-order chi connectivity index (χ0) is 13.7. The Morgan fingerprint density at radius 1 is 1.47 bits per heavy atom. The summed E-state index contributed by atoms with van der Waals surface area (Å²) in [5.41, 5.74) is 2.26. The van der Waals surface area contributed by atoms with Crippen LogP contribution in [-0.4, -0.2) is 18.2 Å². The summed E-state index contributed by atoms with van der Waals surface area (Å²) in [6, 6.07) is 1.83. The molecular weight excluding hydrogens is 244 g/mol. The van der Waals surface area contributed by atoms with E-state index in [4.69, 9.17) is 9.47 Å². The van der Waals surface area contributed by atoms with Crippen molar-refractivity contribution in [3.63, 3.8) is 0 Å². The van der Waals surface area contributed by atoms with Crippen LogP contribution in [0.2, 0.25) is 0 Å². The molecule has 2 unspecified atom stereocenters. The van der Waals surface area contributed by atoms with Crippen LogP contribution < -0.4 is 4.74 Å². The molecule has 1 aliphatic carbocycles. The first-order valence-corrected chi connectivity index (χ1v) is 6.68. The van der Waals surface area contributed by atoms with Crippen molar-refractivity contribution < 1.29 is 19.4 Å². The summed E-state index contributed by atoms with van der Waals surface area (Å²) in [7, 11) is 1.49. The fraction of sp³-hybridized carbons (Fsp3) is 0.533. The molecule has 0 saturated carbocycles. The fourth-order valence-electron chi connectivity index (χ4n) is 3.30. The lowest BCUT2D eigenvalue weighted by atomic mass is 9.75. The van der Waals surface area contributed by atoms with E-state index in [9.17, 15) is 9.90 Å². The number of ether oxygens (including phenoxy) is 2. The number of aromatic hydroxyl groups is 1. The Morgan fingerprint density at radius 2 is 2.21 bits per heavy atom. The number of rotatable bonds is 2. The summed E-state index contributed by atoms with van der Waals surface area (Å²) < 4.78 is 10.6. The molecule has 0 bridgehead atoms. The predicted molar refractivity (Wildman–Crippen MR) is 69.5 cm³/mol. The van der Waals surface area contributed by atoms with Crippen molar-refractivity contribution in [2.45, 2.75) is 32.8 Å². The molecule has 1 N–H and O–H groups in total. The van der Waals surface area contributed by atoms with Crippen molar-refractivity contribution >= 4 is 5.97 Å². The Kier molecular flexibility index (Phi) is 2.69. The quantitative estimate of drug-likeness (QED) is 0.833. The molecule has 2 aliphatic rings. The Hall–Kier alpha value is -1.71. The highest BCUT2D eigenvalue weighted by atomic mass is 16.6. The number of phenols is 1. The molecule has 2 atom stereocenters. The zero-order valence-electron chi connectivity index (χ0n) is 11.4. The van der Waals surface area contributed by atoms with Gasteiger partial charge in [-0.05, 0) is 30.4 Å². The van der Waals surface area contributed by atoms with E-state index in [2.05, 4.69) is 13.8 Å². The number of hydrogen-bond donors (Lipinski definition) is 1. The number of hydrogen-bond acceptors (Lipinski definition) is 4. The van der Waals surface area contributed by atoms with Crippen molar-refractivity contribution in [1.82, 2.24) is 0 Å². The summed E-state index contributed by atoms with van der Waals surface area (Å²) in [5, 5.41) is 10.1. The summed E-state index contributed by atoms with van der Waals surface area (Å²) >= 11 is 0. The average molecular weight is 262 g/mol. The minimum Gasteiger partial charge on any atom is -0.504 e. The number of esters is 1. The van der Waals surface area contributed by atoms with Gasteiger partial charge >= 0.3 is 5.97 Å². The van der Waals surface area contributed by atoms with Gasteiger partial charge in [-0.1, -0.05) is 13.8 Å². The third kappa shape index (κ3) is 1.62. The number of carbonyl (C=O) groups is 1. The van der Waals surface area contributed by atoms with Crippen molar-refractivity contribution in [1.29, 1.82) is 0 Å². The molecule has 19 heavy (non-hydrogen) atoms.